The van der Waals surface area contributed by atoms with E-state index < -0.39 is 0 Å². The van der Waals surface area contributed by atoms with Gasteiger partial charge in [-0.25, -0.2) is 4.98 Å². The van der Waals surface area contributed by atoms with E-state index in [0.29, 0.717) is 17.9 Å². The molecule has 0 unspecified atom stereocenters. The lowest BCUT2D eigenvalue weighted by Crippen LogP contribution is -2.22. The van der Waals surface area contributed by atoms with Gasteiger partial charge in [-0.1, -0.05) is 0 Å². The number of hydrogen-bond acceptors (Lipinski definition) is 4. The van der Waals surface area contributed by atoms with Gasteiger partial charge in [0, 0.05) is 30.7 Å². The van der Waals surface area contributed by atoms with Crippen molar-refractivity contribution < 1.29 is 9.53 Å². The van der Waals surface area contributed by atoms with Gasteiger partial charge in [0.2, 0.25) is 0 Å². The van der Waals surface area contributed by atoms with Crippen molar-refractivity contribution in [2.45, 2.75) is 6.92 Å². The number of rotatable bonds is 4. The van der Waals surface area contributed by atoms with E-state index in [1.54, 1.807) is 30.1 Å². The van der Waals surface area contributed by atoms with Crippen LogP contribution in [0.3, 0.4) is 0 Å². The third-order valence-electron chi connectivity index (χ3n) is 3.31. The molecule has 6 heteroatoms. The molecule has 3 rings (SSSR count). The minimum absolute atomic E-state index is 0.188. The number of nitrogens with zero attached hydrogens (tertiary/aromatic N) is 3. The fraction of sp³-hybridized carbons (Fsp3) is 0.188. The number of fused-ring (bicyclic) bond motifs is 1. The van der Waals surface area contributed by atoms with E-state index in [1.807, 2.05) is 31.2 Å². The summed E-state index contributed by atoms with van der Waals surface area (Å²) in [4.78, 5) is 20.7. The summed E-state index contributed by atoms with van der Waals surface area (Å²) in [6.45, 7) is 2.44. The van der Waals surface area contributed by atoms with Crippen molar-refractivity contribution in [1.82, 2.24) is 19.7 Å². The minimum atomic E-state index is -0.188. The van der Waals surface area contributed by atoms with Gasteiger partial charge < -0.3 is 14.5 Å². The third kappa shape index (κ3) is 2.50. The smallest absolute Gasteiger partial charge is 0.271 e. The van der Waals surface area contributed by atoms with Crippen LogP contribution in [-0.4, -0.2) is 33.9 Å². The number of imidazole rings is 1. The molecular formula is C16H16N4O2. The van der Waals surface area contributed by atoms with Crippen molar-refractivity contribution in [1.29, 1.82) is 0 Å². The van der Waals surface area contributed by atoms with Crippen LogP contribution in [-0.2, 0) is 0 Å². The zero-order valence-electron chi connectivity index (χ0n) is 12.4. The zero-order valence-corrected chi connectivity index (χ0v) is 12.4. The highest BCUT2D eigenvalue weighted by Gasteiger charge is 2.13. The van der Waals surface area contributed by atoms with Gasteiger partial charge in [0.05, 0.1) is 7.11 Å². The maximum atomic E-state index is 11.9. The Morgan fingerprint density at radius 3 is 2.77 bits per heavy atom. The molecule has 0 saturated heterocycles. The first kappa shape index (κ1) is 14.1. The summed E-state index contributed by atoms with van der Waals surface area (Å²) in [7, 11) is 1.63. The number of hydrogen-bond donors (Lipinski definition) is 1. The Morgan fingerprint density at radius 2 is 2.09 bits per heavy atom. The average molecular weight is 296 g/mol. The number of ether oxygens (including phenoxy) is 1. The summed E-state index contributed by atoms with van der Waals surface area (Å²) < 4.78 is 6.96. The number of aromatic nitrogens is 3. The van der Waals surface area contributed by atoms with Crippen LogP contribution in [0.2, 0.25) is 0 Å². The molecule has 2 aromatic heterocycles. The molecule has 0 aliphatic rings. The van der Waals surface area contributed by atoms with Gasteiger partial charge in [0.1, 0.15) is 17.1 Å². The minimum Gasteiger partial charge on any atom is -0.497 e. The summed E-state index contributed by atoms with van der Waals surface area (Å²) in [6.07, 6.45) is 5.17. The van der Waals surface area contributed by atoms with Crippen LogP contribution in [0.25, 0.3) is 16.9 Å². The van der Waals surface area contributed by atoms with Crippen LogP contribution >= 0.6 is 0 Å². The quantitative estimate of drug-likeness (QED) is 0.801. The molecule has 0 bridgehead atoms. The van der Waals surface area contributed by atoms with Crippen molar-refractivity contribution in [3.05, 3.63) is 48.5 Å². The molecule has 0 aliphatic carbocycles. The average Bonchev–Trinajstić information content (AvgIpc) is 2.99. The second-order valence-corrected chi connectivity index (χ2v) is 4.72. The predicted molar refractivity (Wildman–Crippen MR) is 83.0 cm³/mol. The van der Waals surface area contributed by atoms with Crippen molar-refractivity contribution in [2.75, 3.05) is 13.7 Å². The van der Waals surface area contributed by atoms with Crippen molar-refractivity contribution in [2.24, 2.45) is 0 Å². The van der Waals surface area contributed by atoms with E-state index in [2.05, 4.69) is 15.3 Å². The van der Waals surface area contributed by atoms with Crippen LogP contribution in [0.5, 0.6) is 5.75 Å². The molecule has 0 saturated carbocycles. The maximum Gasteiger partial charge on any atom is 0.271 e. The van der Waals surface area contributed by atoms with E-state index in [1.165, 1.54) is 0 Å². The number of benzene rings is 1. The van der Waals surface area contributed by atoms with Crippen LogP contribution in [0.1, 0.15) is 17.4 Å². The number of carbonyl (C=O) groups is 1. The molecule has 1 N–H and O–H groups in total. The fourth-order valence-corrected chi connectivity index (χ4v) is 2.23. The van der Waals surface area contributed by atoms with Gasteiger partial charge in [0.25, 0.3) is 5.91 Å². The van der Waals surface area contributed by atoms with E-state index in [9.17, 15) is 4.79 Å². The summed E-state index contributed by atoms with van der Waals surface area (Å²) in [6, 6.07) is 7.57. The summed E-state index contributed by atoms with van der Waals surface area (Å²) >= 11 is 0. The summed E-state index contributed by atoms with van der Waals surface area (Å²) in [5.74, 6) is 0.592. The Kier molecular flexibility index (Phi) is 3.74. The van der Waals surface area contributed by atoms with Crippen LogP contribution in [0, 0.1) is 0 Å². The summed E-state index contributed by atoms with van der Waals surface area (Å²) in [5, 5.41) is 2.75. The lowest BCUT2D eigenvalue weighted by atomic mass is 10.1. The third-order valence-corrected chi connectivity index (χ3v) is 3.31. The van der Waals surface area contributed by atoms with E-state index in [-0.39, 0.29) is 5.91 Å². The monoisotopic (exact) mass is 296 g/mol. The van der Waals surface area contributed by atoms with Crippen molar-refractivity contribution >= 4 is 11.6 Å². The maximum absolute atomic E-state index is 11.9. The molecule has 3 aromatic rings. The van der Waals surface area contributed by atoms with Gasteiger partial charge in [-0.05, 0) is 31.2 Å². The van der Waals surface area contributed by atoms with Gasteiger partial charge in [-0.2, -0.15) is 0 Å². The Hall–Kier alpha value is -2.89. The Bertz CT molecular complexity index is 809. The molecule has 2 heterocycles. The molecule has 0 atom stereocenters. The highest BCUT2D eigenvalue weighted by molar-refractivity contribution is 5.93. The summed E-state index contributed by atoms with van der Waals surface area (Å²) in [5.41, 5.74) is 2.67. The SMILES string of the molecule is CCNC(=O)c1cn2ccnc(-c3ccc(OC)cc3)c2n1. The topological polar surface area (TPSA) is 68.5 Å². The molecule has 112 valence electrons. The second-order valence-electron chi connectivity index (χ2n) is 4.72. The van der Waals surface area contributed by atoms with Gasteiger partial charge in [-0.15, -0.1) is 0 Å². The Morgan fingerprint density at radius 1 is 1.32 bits per heavy atom. The van der Waals surface area contributed by atoms with Crippen LogP contribution < -0.4 is 10.1 Å². The van der Waals surface area contributed by atoms with E-state index in [0.717, 1.165) is 17.0 Å². The Balaban J connectivity index is 2.07. The van der Waals surface area contributed by atoms with E-state index in [4.69, 9.17) is 4.74 Å². The molecule has 6 nitrogen and oxygen atoms in total. The lowest BCUT2D eigenvalue weighted by Gasteiger charge is -2.04. The van der Waals surface area contributed by atoms with Gasteiger partial charge in [0.15, 0.2) is 5.65 Å². The first-order valence-corrected chi connectivity index (χ1v) is 6.99. The standard InChI is InChI=1S/C16H16N4O2/c1-3-17-16(21)13-10-20-9-8-18-14(15(20)19-13)11-4-6-12(22-2)7-5-11/h4-10H,3H2,1-2H3,(H,17,21). The first-order chi connectivity index (χ1) is 10.7. The number of carbonyl (C=O) groups excluding carboxylic acids is 1. The van der Waals surface area contributed by atoms with E-state index >= 15 is 0 Å². The van der Waals surface area contributed by atoms with Crippen molar-refractivity contribution in [3.63, 3.8) is 0 Å². The zero-order chi connectivity index (χ0) is 15.5. The molecular weight excluding hydrogens is 280 g/mol. The largest absolute Gasteiger partial charge is 0.497 e. The highest BCUT2D eigenvalue weighted by Crippen LogP contribution is 2.24. The number of amides is 1. The van der Waals surface area contributed by atoms with Crippen molar-refractivity contribution in [3.8, 4) is 17.0 Å². The van der Waals surface area contributed by atoms with Crippen LogP contribution in [0.15, 0.2) is 42.9 Å². The van der Waals surface area contributed by atoms with Gasteiger partial charge >= 0.3 is 0 Å². The highest BCUT2D eigenvalue weighted by atomic mass is 16.5. The second kappa shape index (κ2) is 5.85. The molecule has 1 amide bonds. The Labute approximate surface area is 127 Å². The fourth-order valence-electron chi connectivity index (χ4n) is 2.23. The normalized spacial score (nSPS) is 10.6. The molecule has 0 radical (unpaired) electrons. The first-order valence-electron chi connectivity index (χ1n) is 6.99. The van der Waals surface area contributed by atoms with Gasteiger partial charge in [-0.3, -0.25) is 9.78 Å². The molecule has 22 heavy (non-hydrogen) atoms. The number of nitrogens with one attached hydrogen (secondary N) is 1. The number of methoxy groups -OCH3 is 1. The predicted octanol–water partition coefficient (Wildman–Crippen LogP) is 2.15. The molecule has 0 spiro atoms. The molecule has 1 aromatic carbocycles. The lowest BCUT2D eigenvalue weighted by molar-refractivity contribution is 0.0951. The van der Waals surface area contributed by atoms with Crippen LogP contribution in [0.4, 0.5) is 0 Å². The molecule has 0 fully saturated rings. The molecule has 0 aliphatic heterocycles.